The van der Waals surface area contributed by atoms with Crippen LogP contribution in [0, 0.1) is 11.3 Å². The molecule has 22 heavy (non-hydrogen) atoms. The Morgan fingerprint density at radius 2 is 2.27 bits per heavy atom. The Labute approximate surface area is 140 Å². The van der Waals surface area contributed by atoms with Crippen molar-refractivity contribution in [3.05, 3.63) is 44.2 Å². The highest BCUT2D eigenvalue weighted by molar-refractivity contribution is 9.10. The van der Waals surface area contributed by atoms with Crippen LogP contribution in [0.25, 0.3) is 0 Å². The van der Waals surface area contributed by atoms with Crippen LogP contribution >= 0.6 is 27.3 Å². The first kappa shape index (κ1) is 15.1. The zero-order valence-corrected chi connectivity index (χ0v) is 14.3. The lowest BCUT2D eigenvalue weighted by Gasteiger charge is -2.09. The van der Waals surface area contributed by atoms with E-state index in [0.717, 1.165) is 29.3 Å². The van der Waals surface area contributed by atoms with Gasteiger partial charge in [0.25, 0.3) is 5.91 Å². The second kappa shape index (κ2) is 6.11. The summed E-state index contributed by atoms with van der Waals surface area (Å²) in [5.41, 5.74) is 2.15. The number of benzene rings is 1. The first-order chi connectivity index (χ1) is 10.6. The summed E-state index contributed by atoms with van der Waals surface area (Å²) in [5, 5.41) is 12.9. The van der Waals surface area contributed by atoms with E-state index in [-0.39, 0.29) is 5.91 Å². The summed E-state index contributed by atoms with van der Waals surface area (Å²) in [5.74, 6) is 0.234. The molecule has 1 N–H and O–H groups in total. The molecule has 1 aliphatic rings. The molecule has 3 rings (SSSR count). The van der Waals surface area contributed by atoms with Crippen LogP contribution in [0.4, 0.5) is 5.00 Å². The molecule has 0 bridgehead atoms. The molecule has 0 saturated heterocycles. The van der Waals surface area contributed by atoms with Crippen molar-refractivity contribution >= 4 is 38.2 Å². The van der Waals surface area contributed by atoms with Crippen molar-refractivity contribution in [2.45, 2.75) is 19.3 Å². The maximum absolute atomic E-state index is 12.5. The Hall–Kier alpha value is -1.84. The number of amides is 1. The smallest absolute Gasteiger partial charge is 0.260 e. The number of methoxy groups -OCH3 is 1. The Morgan fingerprint density at radius 1 is 1.45 bits per heavy atom. The van der Waals surface area contributed by atoms with E-state index in [2.05, 4.69) is 27.3 Å². The Morgan fingerprint density at radius 3 is 3.00 bits per heavy atom. The van der Waals surface area contributed by atoms with E-state index >= 15 is 0 Å². The molecule has 0 spiro atoms. The molecular weight excluding hydrogens is 364 g/mol. The van der Waals surface area contributed by atoms with Crippen LogP contribution in [0.5, 0.6) is 5.75 Å². The van der Waals surface area contributed by atoms with Gasteiger partial charge >= 0.3 is 0 Å². The van der Waals surface area contributed by atoms with E-state index in [4.69, 9.17) is 4.74 Å². The monoisotopic (exact) mass is 376 g/mol. The predicted molar refractivity (Wildman–Crippen MR) is 89.7 cm³/mol. The SMILES string of the molecule is COc1ccc(Br)cc1C(=O)Nc1sc2c(c1C#N)CCC2. The minimum absolute atomic E-state index is 0.269. The molecule has 2 aromatic rings. The van der Waals surface area contributed by atoms with Gasteiger partial charge in [-0.15, -0.1) is 11.3 Å². The van der Waals surface area contributed by atoms with Crippen molar-refractivity contribution in [3.63, 3.8) is 0 Å². The first-order valence-corrected chi connectivity index (χ1v) is 8.44. The minimum atomic E-state index is -0.269. The average Bonchev–Trinajstić information content (AvgIpc) is 3.07. The number of rotatable bonds is 3. The van der Waals surface area contributed by atoms with Gasteiger partial charge in [0, 0.05) is 9.35 Å². The Bertz CT molecular complexity index is 792. The van der Waals surface area contributed by atoms with Crippen molar-refractivity contribution in [2.24, 2.45) is 0 Å². The minimum Gasteiger partial charge on any atom is -0.496 e. The molecule has 112 valence electrons. The number of fused-ring (bicyclic) bond motifs is 1. The summed E-state index contributed by atoms with van der Waals surface area (Å²) in [6, 6.07) is 7.49. The zero-order valence-electron chi connectivity index (χ0n) is 11.9. The van der Waals surface area contributed by atoms with Crippen LogP contribution in [-0.2, 0) is 12.8 Å². The van der Waals surface area contributed by atoms with Gasteiger partial charge in [0.2, 0.25) is 0 Å². The van der Waals surface area contributed by atoms with Gasteiger partial charge in [0.1, 0.15) is 16.8 Å². The molecule has 0 aliphatic heterocycles. The summed E-state index contributed by atoms with van der Waals surface area (Å²) in [6.07, 6.45) is 3.00. The topological polar surface area (TPSA) is 62.1 Å². The largest absolute Gasteiger partial charge is 0.496 e. The van der Waals surface area contributed by atoms with Gasteiger partial charge in [-0.1, -0.05) is 15.9 Å². The maximum atomic E-state index is 12.5. The number of nitriles is 1. The van der Waals surface area contributed by atoms with E-state index in [9.17, 15) is 10.1 Å². The third-order valence-corrected chi connectivity index (χ3v) is 5.37. The van der Waals surface area contributed by atoms with Gasteiger partial charge in [-0.3, -0.25) is 4.79 Å². The Kier molecular flexibility index (Phi) is 4.19. The quantitative estimate of drug-likeness (QED) is 0.875. The number of carbonyl (C=O) groups is 1. The molecule has 1 aromatic heterocycles. The van der Waals surface area contributed by atoms with Crippen molar-refractivity contribution in [1.29, 1.82) is 5.26 Å². The van der Waals surface area contributed by atoms with E-state index in [1.54, 1.807) is 12.1 Å². The molecule has 0 saturated carbocycles. The first-order valence-electron chi connectivity index (χ1n) is 6.83. The van der Waals surface area contributed by atoms with Crippen LogP contribution in [0.3, 0.4) is 0 Å². The lowest BCUT2D eigenvalue weighted by atomic mass is 10.1. The molecule has 6 heteroatoms. The fraction of sp³-hybridized carbons (Fsp3) is 0.250. The van der Waals surface area contributed by atoms with Crippen molar-refractivity contribution in [2.75, 3.05) is 12.4 Å². The zero-order chi connectivity index (χ0) is 15.7. The third-order valence-electron chi connectivity index (χ3n) is 3.67. The number of nitrogens with one attached hydrogen (secondary N) is 1. The number of ether oxygens (including phenoxy) is 1. The number of hydrogen-bond acceptors (Lipinski definition) is 4. The summed E-state index contributed by atoms with van der Waals surface area (Å²) < 4.78 is 6.03. The number of hydrogen-bond donors (Lipinski definition) is 1. The number of halogens is 1. The standard InChI is InChI=1S/C16H13BrN2O2S/c1-21-13-6-5-9(17)7-11(13)15(20)19-16-12(8-18)10-3-2-4-14(10)22-16/h5-7H,2-4H2,1H3,(H,19,20). The van der Waals surface area contributed by atoms with Gasteiger partial charge in [0.15, 0.2) is 0 Å². The number of anilines is 1. The maximum Gasteiger partial charge on any atom is 0.260 e. The molecule has 0 atom stereocenters. The molecule has 4 nitrogen and oxygen atoms in total. The average molecular weight is 377 g/mol. The van der Waals surface area contributed by atoms with Gasteiger partial charge < -0.3 is 10.1 Å². The van der Waals surface area contributed by atoms with Crippen molar-refractivity contribution in [3.8, 4) is 11.8 Å². The molecule has 0 fully saturated rings. The molecule has 1 amide bonds. The van der Waals surface area contributed by atoms with Crippen LogP contribution in [0.15, 0.2) is 22.7 Å². The number of thiophene rings is 1. The number of carbonyl (C=O) groups excluding carboxylic acids is 1. The summed E-state index contributed by atoms with van der Waals surface area (Å²) in [4.78, 5) is 13.7. The highest BCUT2D eigenvalue weighted by atomic mass is 79.9. The van der Waals surface area contributed by atoms with Crippen LogP contribution in [-0.4, -0.2) is 13.0 Å². The normalized spacial score (nSPS) is 12.6. The molecule has 0 radical (unpaired) electrons. The van der Waals surface area contributed by atoms with Crippen LogP contribution in [0.1, 0.15) is 32.8 Å². The fourth-order valence-corrected chi connectivity index (χ4v) is 4.23. The van der Waals surface area contributed by atoms with Gasteiger partial charge in [-0.25, -0.2) is 0 Å². The fourth-order valence-electron chi connectivity index (χ4n) is 2.64. The summed E-state index contributed by atoms with van der Waals surface area (Å²) >= 11 is 4.87. The number of nitrogens with zero attached hydrogens (tertiary/aromatic N) is 1. The predicted octanol–water partition coefficient (Wildman–Crippen LogP) is 4.13. The van der Waals surface area contributed by atoms with E-state index in [1.807, 2.05) is 6.07 Å². The van der Waals surface area contributed by atoms with Gasteiger partial charge in [-0.2, -0.15) is 5.26 Å². The highest BCUT2D eigenvalue weighted by Crippen LogP contribution is 2.39. The third kappa shape index (κ3) is 2.62. The molecule has 1 heterocycles. The molecule has 0 unspecified atom stereocenters. The van der Waals surface area contributed by atoms with E-state index in [0.29, 0.717) is 21.9 Å². The molecule has 1 aromatic carbocycles. The van der Waals surface area contributed by atoms with Crippen LogP contribution in [0.2, 0.25) is 0 Å². The summed E-state index contributed by atoms with van der Waals surface area (Å²) in [6.45, 7) is 0. The van der Waals surface area contributed by atoms with Gasteiger partial charge in [-0.05, 0) is 43.0 Å². The van der Waals surface area contributed by atoms with Crippen molar-refractivity contribution < 1.29 is 9.53 Å². The molecular formula is C16H13BrN2O2S. The highest BCUT2D eigenvalue weighted by Gasteiger charge is 2.24. The van der Waals surface area contributed by atoms with Gasteiger partial charge in [0.05, 0.1) is 18.2 Å². The Balaban J connectivity index is 1.93. The van der Waals surface area contributed by atoms with Crippen molar-refractivity contribution in [1.82, 2.24) is 0 Å². The second-order valence-electron chi connectivity index (χ2n) is 4.97. The van der Waals surface area contributed by atoms with E-state index < -0.39 is 0 Å². The lowest BCUT2D eigenvalue weighted by molar-refractivity contribution is 0.102. The molecule has 1 aliphatic carbocycles. The van der Waals surface area contributed by atoms with E-state index in [1.165, 1.54) is 23.3 Å². The van der Waals surface area contributed by atoms with Crippen LogP contribution < -0.4 is 10.1 Å². The summed E-state index contributed by atoms with van der Waals surface area (Å²) in [7, 11) is 1.53. The number of aryl methyl sites for hydroxylation is 1. The second-order valence-corrected chi connectivity index (χ2v) is 6.99. The lowest BCUT2D eigenvalue weighted by Crippen LogP contribution is -2.13.